The van der Waals surface area contributed by atoms with Gasteiger partial charge in [-0.25, -0.2) is 9.97 Å². The van der Waals surface area contributed by atoms with Crippen molar-refractivity contribution < 1.29 is 0 Å². The minimum absolute atomic E-state index is 0.551. The summed E-state index contributed by atoms with van der Waals surface area (Å²) in [7, 11) is 0. The molecule has 0 radical (unpaired) electrons. The van der Waals surface area contributed by atoms with Crippen LogP contribution in [0.4, 0.5) is 5.82 Å². The Hall–Kier alpha value is -0.650. The maximum atomic E-state index is 5.92. The lowest BCUT2D eigenvalue weighted by Crippen LogP contribution is -2.06. The molecular weight excluding hydrogens is 310 g/mol. The molecule has 0 spiro atoms. The van der Waals surface area contributed by atoms with Crippen LogP contribution in [0, 0.1) is 0 Å². The van der Waals surface area contributed by atoms with E-state index in [0.29, 0.717) is 10.8 Å². The van der Waals surface area contributed by atoms with Gasteiger partial charge in [0.05, 0.1) is 9.98 Å². The number of aromatic nitrogens is 2. The van der Waals surface area contributed by atoms with E-state index in [1.54, 1.807) is 17.5 Å². The van der Waals surface area contributed by atoms with E-state index in [2.05, 4.69) is 43.3 Å². The highest BCUT2D eigenvalue weighted by molar-refractivity contribution is 9.11. The van der Waals surface area contributed by atoms with Crippen molar-refractivity contribution in [2.75, 3.05) is 11.9 Å². The van der Waals surface area contributed by atoms with Gasteiger partial charge in [0, 0.05) is 11.4 Å². The van der Waals surface area contributed by atoms with Gasteiger partial charge in [-0.2, -0.15) is 0 Å². The molecule has 2 heterocycles. The number of hydrogen-bond acceptors (Lipinski definition) is 4. The molecule has 0 amide bonds. The maximum Gasteiger partial charge on any atom is 0.148 e. The lowest BCUT2D eigenvalue weighted by atomic mass is 10.3. The average molecular weight is 319 g/mol. The van der Waals surface area contributed by atoms with Gasteiger partial charge in [-0.05, 0) is 34.5 Å². The molecule has 2 aromatic heterocycles. The van der Waals surface area contributed by atoms with Crippen LogP contribution in [-0.2, 0) is 6.42 Å². The number of halogens is 2. The monoisotopic (exact) mass is 317 g/mol. The van der Waals surface area contributed by atoms with E-state index in [1.807, 2.05) is 0 Å². The lowest BCUT2D eigenvalue weighted by molar-refractivity contribution is 1.02. The Morgan fingerprint density at radius 1 is 1.44 bits per heavy atom. The highest BCUT2D eigenvalue weighted by Crippen LogP contribution is 2.22. The molecule has 2 aromatic rings. The molecule has 2 rings (SSSR count). The van der Waals surface area contributed by atoms with Gasteiger partial charge in [0.2, 0.25) is 0 Å². The summed E-state index contributed by atoms with van der Waals surface area (Å²) in [6.45, 7) is 0.809. The second-order valence-electron chi connectivity index (χ2n) is 3.10. The SMILES string of the molecule is Clc1cncnc1NCCc1ccc(Br)s1. The summed E-state index contributed by atoms with van der Waals surface area (Å²) < 4.78 is 1.16. The molecule has 16 heavy (non-hydrogen) atoms. The van der Waals surface area contributed by atoms with E-state index in [-0.39, 0.29) is 0 Å². The fourth-order valence-corrected chi connectivity index (χ4v) is 2.89. The first-order chi connectivity index (χ1) is 7.75. The minimum Gasteiger partial charge on any atom is -0.368 e. The number of nitrogens with one attached hydrogen (secondary N) is 1. The predicted octanol–water partition coefficient (Wildman–Crippen LogP) is 3.61. The Morgan fingerprint density at radius 2 is 2.31 bits per heavy atom. The van der Waals surface area contributed by atoms with Gasteiger partial charge in [0.1, 0.15) is 17.2 Å². The van der Waals surface area contributed by atoms with Gasteiger partial charge >= 0.3 is 0 Å². The third-order valence-electron chi connectivity index (χ3n) is 1.96. The van der Waals surface area contributed by atoms with E-state index in [1.165, 1.54) is 11.2 Å². The number of thiophene rings is 1. The zero-order valence-electron chi connectivity index (χ0n) is 8.28. The first-order valence-corrected chi connectivity index (χ1v) is 6.68. The topological polar surface area (TPSA) is 37.8 Å². The second kappa shape index (κ2) is 5.61. The maximum absolute atomic E-state index is 5.92. The molecule has 0 unspecified atom stereocenters. The average Bonchev–Trinajstić information content (AvgIpc) is 2.67. The van der Waals surface area contributed by atoms with E-state index in [4.69, 9.17) is 11.6 Å². The van der Waals surface area contributed by atoms with Crippen LogP contribution in [0.5, 0.6) is 0 Å². The molecule has 0 aliphatic heterocycles. The summed E-state index contributed by atoms with van der Waals surface area (Å²) in [6, 6.07) is 4.16. The van der Waals surface area contributed by atoms with E-state index in [0.717, 1.165) is 16.8 Å². The van der Waals surface area contributed by atoms with Crippen molar-refractivity contribution in [2.45, 2.75) is 6.42 Å². The van der Waals surface area contributed by atoms with Crippen molar-refractivity contribution in [3.63, 3.8) is 0 Å². The summed E-state index contributed by atoms with van der Waals surface area (Å²) in [5.41, 5.74) is 0. The molecule has 0 bridgehead atoms. The Kier molecular flexibility index (Phi) is 4.15. The zero-order chi connectivity index (χ0) is 11.4. The molecule has 0 saturated heterocycles. The fourth-order valence-electron chi connectivity index (χ4n) is 1.23. The van der Waals surface area contributed by atoms with Gasteiger partial charge in [0.15, 0.2) is 0 Å². The van der Waals surface area contributed by atoms with Crippen LogP contribution >= 0.6 is 38.9 Å². The summed E-state index contributed by atoms with van der Waals surface area (Å²) in [4.78, 5) is 9.21. The van der Waals surface area contributed by atoms with Crippen molar-refractivity contribution in [3.8, 4) is 0 Å². The van der Waals surface area contributed by atoms with Gasteiger partial charge in [0.25, 0.3) is 0 Å². The van der Waals surface area contributed by atoms with Crippen molar-refractivity contribution in [2.24, 2.45) is 0 Å². The second-order valence-corrected chi connectivity index (χ2v) is 6.06. The van der Waals surface area contributed by atoms with Crippen LogP contribution in [0.2, 0.25) is 5.02 Å². The Labute approximate surface area is 111 Å². The predicted molar refractivity (Wildman–Crippen MR) is 71.3 cm³/mol. The molecule has 84 valence electrons. The molecular formula is C10H9BrClN3S. The standard InChI is InChI=1S/C10H9BrClN3S/c11-9-2-1-7(16-9)3-4-14-10-8(12)5-13-6-15-10/h1-2,5-6H,3-4H2,(H,13,14,15). The molecule has 0 atom stereocenters. The number of rotatable bonds is 4. The van der Waals surface area contributed by atoms with E-state index in [9.17, 15) is 0 Å². The van der Waals surface area contributed by atoms with Crippen molar-refractivity contribution >= 4 is 44.7 Å². The third-order valence-corrected chi connectivity index (χ3v) is 3.92. The van der Waals surface area contributed by atoms with Crippen molar-refractivity contribution in [1.29, 1.82) is 0 Å². The summed E-state index contributed by atoms with van der Waals surface area (Å²) in [6.07, 6.45) is 4.02. The van der Waals surface area contributed by atoms with Gasteiger partial charge in [-0.3, -0.25) is 0 Å². The smallest absolute Gasteiger partial charge is 0.148 e. The number of nitrogens with zero attached hydrogens (tertiary/aromatic N) is 2. The molecule has 0 aliphatic rings. The Morgan fingerprint density at radius 3 is 3.00 bits per heavy atom. The zero-order valence-corrected chi connectivity index (χ0v) is 11.4. The molecule has 0 aromatic carbocycles. The Bertz CT molecular complexity index is 475. The van der Waals surface area contributed by atoms with E-state index >= 15 is 0 Å². The van der Waals surface area contributed by atoms with Gasteiger partial charge in [-0.1, -0.05) is 11.6 Å². The first-order valence-electron chi connectivity index (χ1n) is 4.69. The molecule has 0 aliphatic carbocycles. The fraction of sp³-hybridized carbons (Fsp3) is 0.200. The highest BCUT2D eigenvalue weighted by Gasteiger charge is 2.01. The lowest BCUT2D eigenvalue weighted by Gasteiger charge is -2.04. The quantitative estimate of drug-likeness (QED) is 0.936. The minimum atomic E-state index is 0.551. The van der Waals surface area contributed by atoms with Crippen LogP contribution in [-0.4, -0.2) is 16.5 Å². The molecule has 0 saturated carbocycles. The van der Waals surface area contributed by atoms with Crippen LogP contribution in [0.3, 0.4) is 0 Å². The van der Waals surface area contributed by atoms with Crippen LogP contribution < -0.4 is 5.32 Å². The highest BCUT2D eigenvalue weighted by atomic mass is 79.9. The molecule has 0 fully saturated rings. The normalized spacial score (nSPS) is 10.4. The van der Waals surface area contributed by atoms with Crippen LogP contribution in [0.25, 0.3) is 0 Å². The van der Waals surface area contributed by atoms with Crippen LogP contribution in [0.15, 0.2) is 28.4 Å². The number of hydrogen-bond donors (Lipinski definition) is 1. The summed E-state index contributed by atoms with van der Waals surface area (Å²) in [5.74, 6) is 0.687. The molecule has 3 nitrogen and oxygen atoms in total. The molecule has 6 heteroatoms. The Balaban J connectivity index is 1.87. The molecule has 1 N–H and O–H groups in total. The number of anilines is 1. The summed E-state index contributed by atoms with van der Waals surface area (Å²) >= 11 is 11.1. The van der Waals surface area contributed by atoms with Crippen LogP contribution in [0.1, 0.15) is 4.88 Å². The van der Waals surface area contributed by atoms with Gasteiger partial charge < -0.3 is 5.32 Å². The van der Waals surface area contributed by atoms with Crippen molar-refractivity contribution in [3.05, 3.63) is 38.3 Å². The first kappa shape index (κ1) is 11.8. The third kappa shape index (κ3) is 3.17. The largest absolute Gasteiger partial charge is 0.368 e. The van der Waals surface area contributed by atoms with Gasteiger partial charge in [-0.15, -0.1) is 11.3 Å². The van der Waals surface area contributed by atoms with E-state index < -0.39 is 0 Å². The van der Waals surface area contributed by atoms with Crippen molar-refractivity contribution in [1.82, 2.24) is 9.97 Å². The summed E-state index contributed by atoms with van der Waals surface area (Å²) in [5, 5.41) is 3.73.